The number of aromatic amines is 1. The Kier molecular flexibility index (Phi) is 5.84. The van der Waals surface area contributed by atoms with E-state index in [1.807, 2.05) is 11.8 Å². The fourth-order valence-corrected chi connectivity index (χ4v) is 3.44. The first-order valence-electron chi connectivity index (χ1n) is 9.09. The van der Waals surface area contributed by atoms with Gasteiger partial charge in [-0.05, 0) is 18.8 Å². The summed E-state index contributed by atoms with van der Waals surface area (Å²) in [5.41, 5.74) is 0. The van der Waals surface area contributed by atoms with E-state index < -0.39 is 0 Å². The number of carbonyl (C=O) groups is 1. The predicted molar refractivity (Wildman–Crippen MR) is 88.4 cm³/mol. The standard InChI is InChI=1S/C17H28N4O3/c1-3-15-18-17(20-19-15)14-10-21(8-9-23-14)16(22)11-24-13-7-5-4-6-12(13)2/h12-14H,3-11H2,1-2H3,(H,18,19,20)/t12-,13-,14-/m0/s1. The van der Waals surface area contributed by atoms with Crippen LogP contribution in [0.1, 0.15) is 57.3 Å². The number of amides is 1. The Morgan fingerprint density at radius 2 is 2.25 bits per heavy atom. The minimum absolute atomic E-state index is 0.0346. The first kappa shape index (κ1) is 17.4. The largest absolute Gasteiger partial charge is 0.368 e. The highest BCUT2D eigenvalue weighted by Crippen LogP contribution is 2.26. The molecule has 0 radical (unpaired) electrons. The fraction of sp³-hybridized carbons (Fsp3) is 0.824. The van der Waals surface area contributed by atoms with Crippen LogP contribution in [0.4, 0.5) is 0 Å². The number of H-pyrrole nitrogens is 1. The molecule has 0 bridgehead atoms. The lowest BCUT2D eigenvalue weighted by atomic mass is 9.88. The highest BCUT2D eigenvalue weighted by atomic mass is 16.5. The maximum atomic E-state index is 12.5. The molecule has 7 heteroatoms. The minimum atomic E-state index is -0.257. The van der Waals surface area contributed by atoms with Crippen LogP contribution in [0.3, 0.4) is 0 Å². The zero-order valence-corrected chi connectivity index (χ0v) is 14.7. The number of nitrogens with one attached hydrogen (secondary N) is 1. The summed E-state index contributed by atoms with van der Waals surface area (Å²) in [7, 11) is 0. The molecule has 1 saturated carbocycles. The lowest BCUT2D eigenvalue weighted by Gasteiger charge is -2.33. The van der Waals surface area contributed by atoms with Gasteiger partial charge in [0.1, 0.15) is 18.5 Å². The number of ether oxygens (including phenoxy) is 2. The smallest absolute Gasteiger partial charge is 0.248 e. The third-order valence-corrected chi connectivity index (χ3v) is 5.04. The van der Waals surface area contributed by atoms with Crippen molar-refractivity contribution in [2.45, 2.75) is 58.2 Å². The van der Waals surface area contributed by atoms with E-state index in [2.05, 4.69) is 22.1 Å². The van der Waals surface area contributed by atoms with E-state index >= 15 is 0 Å². The molecule has 0 aromatic carbocycles. The number of hydrogen-bond acceptors (Lipinski definition) is 5. The van der Waals surface area contributed by atoms with Crippen molar-refractivity contribution in [1.29, 1.82) is 0 Å². The van der Waals surface area contributed by atoms with Crippen molar-refractivity contribution in [3.63, 3.8) is 0 Å². The first-order valence-corrected chi connectivity index (χ1v) is 9.09. The second kappa shape index (κ2) is 8.07. The van der Waals surface area contributed by atoms with Crippen LogP contribution >= 0.6 is 0 Å². The number of carbonyl (C=O) groups excluding carboxylic acids is 1. The van der Waals surface area contributed by atoms with E-state index in [4.69, 9.17) is 9.47 Å². The van der Waals surface area contributed by atoms with Crippen LogP contribution in [0.5, 0.6) is 0 Å². The quantitative estimate of drug-likeness (QED) is 0.888. The average molecular weight is 336 g/mol. The Labute approximate surface area is 143 Å². The SMILES string of the molecule is CCc1nc([C@@H]2CN(C(=O)CO[C@H]3CCCC[C@@H]3C)CCO2)n[nH]1. The summed E-state index contributed by atoms with van der Waals surface area (Å²) >= 11 is 0. The molecular formula is C17H28N4O3. The second-order valence-corrected chi connectivity index (χ2v) is 6.80. The van der Waals surface area contributed by atoms with Gasteiger partial charge in [-0.15, -0.1) is 0 Å². The number of aryl methyl sites for hydroxylation is 1. The van der Waals surface area contributed by atoms with Gasteiger partial charge in [-0.25, -0.2) is 4.98 Å². The van der Waals surface area contributed by atoms with Crippen LogP contribution in [0.15, 0.2) is 0 Å². The third kappa shape index (κ3) is 4.13. The molecule has 2 heterocycles. The maximum Gasteiger partial charge on any atom is 0.248 e. The van der Waals surface area contributed by atoms with Crippen LogP contribution in [0.25, 0.3) is 0 Å². The lowest BCUT2D eigenvalue weighted by molar-refractivity contribution is -0.147. The van der Waals surface area contributed by atoms with Crippen molar-refractivity contribution in [1.82, 2.24) is 20.1 Å². The zero-order valence-electron chi connectivity index (χ0n) is 14.7. The summed E-state index contributed by atoms with van der Waals surface area (Å²) in [4.78, 5) is 18.7. The molecule has 2 aliphatic rings. The summed E-state index contributed by atoms with van der Waals surface area (Å²) in [6.07, 6.45) is 5.51. The van der Waals surface area contributed by atoms with Crippen molar-refractivity contribution in [3.8, 4) is 0 Å². The van der Waals surface area contributed by atoms with Gasteiger partial charge in [0.05, 0.1) is 19.3 Å². The molecule has 1 aliphatic heterocycles. The Hall–Kier alpha value is -1.47. The summed E-state index contributed by atoms with van der Waals surface area (Å²) in [5.74, 6) is 2.05. The van der Waals surface area contributed by atoms with Crippen LogP contribution in [0.2, 0.25) is 0 Å². The number of nitrogens with zero attached hydrogens (tertiary/aromatic N) is 3. The molecule has 0 spiro atoms. The van der Waals surface area contributed by atoms with Crippen LogP contribution < -0.4 is 0 Å². The number of rotatable bonds is 5. The van der Waals surface area contributed by atoms with Crippen LogP contribution in [-0.2, 0) is 20.7 Å². The van der Waals surface area contributed by atoms with Gasteiger partial charge in [0.25, 0.3) is 0 Å². The van der Waals surface area contributed by atoms with E-state index in [0.29, 0.717) is 31.4 Å². The Morgan fingerprint density at radius 1 is 1.42 bits per heavy atom. The first-order chi connectivity index (χ1) is 11.7. The van der Waals surface area contributed by atoms with Gasteiger partial charge in [0.2, 0.25) is 5.91 Å². The molecule has 24 heavy (non-hydrogen) atoms. The number of aromatic nitrogens is 3. The van der Waals surface area contributed by atoms with Crippen molar-refractivity contribution in [2.24, 2.45) is 5.92 Å². The average Bonchev–Trinajstić information content (AvgIpc) is 3.10. The van der Waals surface area contributed by atoms with E-state index in [0.717, 1.165) is 18.7 Å². The monoisotopic (exact) mass is 336 g/mol. The van der Waals surface area contributed by atoms with Gasteiger partial charge >= 0.3 is 0 Å². The van der Waals surface area contributed by atoms with Crippen molar-refractivity contribution in [3.05, 3.63) is 11.6 Å². The van der Waals surface area contributed by atoms with Gasteiger partial charge in [0.15, 0.2) is 5.82 Å². The van der Waals surface area contributed by atoms with Crippen LogP contribution in [-0.4, -0.2) is 58.4 Å². The van der Waals surface area contributed by atoms with Gasteiger partial charge in [0, 0.05) is 13.0 Å². The second-order valence-electron chi connectivity index (χ2n) is 6.80. The molecule has 134 valence electrons. The van der Waals surface area contributed by atoms with Gasteiger partial charge in [-0.2, -0.15) is 5.10 Å². The molecule has 1 aromatic heterocycles. The van der Waals surface area contributed by atoms with Gasteiger partial charge < -0.3 is 14.4 Å². The van der Waals surface area contributed by atoms with Gasteiger partial charge in [-0.1, -0.05) is 26.7 Å². The molecule has 1 N–H and O–H groups in total. The maximum absolute atomic E-state index is 12.5. The summed E-state index contributed by atoms with van der Waals surface area (Å²) in [6, 6.07) is 0. The van der Waals surface area contributed by atoms with Crippen molar-refractivity contribution < 1.29 is 14.3 Å². The van der Waals surface area contributed by atoms with E-state index in [-0.39, 0.29) is 24.7 Å². The molecule has 1 aliphatic carbocycles. The minimum Gasteiger partial charge on any atom is -0.368 e. The summed E-state index contributed by atoms with van der Waals surface area (Å²) < 4.78 is 11.6. The number of morpholine rings is 1. The van der Waals surface area contributed by atoms with E-state index in [1.165, 1.54) is 19.3 Å². The predicted octanol–water partition coefficient (Wildman–Crippen LogP) is 1.86. The molecule has 1 aromatic rings. The highest BCUT2D eigenvalue weighted by molar-refractivity contribution is 5.77. The molecule has 0 unspecified atom stereocenters. The number of hydrogen-bond donors (Lipinski definition) is 1. The molecular weight excluding hydrogens is 308 g/mol. The molecule has 1 saturated heterocycles. The Morgan fingerprint density at radius 3 is 3.00 bits per heavy atom. The lowest BCUT2D eigenvalue weighted by Crippen LogP contribution is -2.44. The Bertz CT molecular complexity index is 548. The normalized spacial score (nSPS) is 28.1. The van der Waals surface area contributed by atoms with Crippen molar-refractivity contribution >= 4 is 5.91 Å². The summed E-state index contributed by atoms with van der Waals surface area (Å²) in [6.45, 7) is 5.99. The van der Waals surface area contributed by atoms with Crippen LogP contribution in [0, 0.1) is 5.92 Å². The van der Waals surface area contributed by atoms with E-state index in [9.17, 15) is 4.79 Å². The molecule has 7 nitrogen and oxygen atoms in total. The Balaban J connectivity index is 1.51. The molecule has 3 rings (SSSR count). The third-order valence-electron chi connectivity index (χ3n) is 5.04. The highest BCUT2D eigenvalue weighted by Gasteiger charge is 2.29. The van der Waals surface area contributed by atoms with Gasteiger partial charge in [-0.3, -0.25) is 9.89 Å². The van der Waals surface area contributed by atoms with E-state index in [1.54, 1.807) is 0 Å². The molecule has 2 fully saturated rings. The van der Waals surface area contributed by atoms with Crippen molar-refractivity contribution in [2.75, 3.05) is 26.3 Å². The summed E-state index contributed by atoms with van der Waals surface area (Å²) in [5, 5.41) is 7.10. The molecule has 3 atom stereocenters. The fourth-order valence-electron chi connectivity index (χ4n) is 3.44. The zero-order chi connectivity index (χ0) is 16.9. The molecule has 1 amide bonds. The topological polar surface area (TPSA) is 80.3 Å².